The average molecular weight is 375 g/mol. The minimum atomic E-state index is -3.48. The summed E-state index contributed by atoms with van der Waals surface area (Å²) in [4.78, 5) is 12.2. The quantitative estimate of drug-likeness (QED) is 0.804. The first-order valence-electron chi connectivity index (χ1n) is 8.64. The molecule has 0 heterocycles. The highest BCUT2D eigenvalue weighted by molar-refractivity contribution is 7.92. The maximum absolute atomic E-state index is 12.2. The molecule has 1 amide bonds. The van der Waals surface area contributed by atoms with Crippen molar-refractivity contribution in [1.29, 1.82) is 0 Å². The highest BCUT2D eigenvalue weighted by atomic mass is 32.2. The van der Waals surface area contributed by atoms with E-state index >= 15 is 0 Å². The molecular formula is C20H26N2O3S. The molecule has 0 saturated carbocycles. The van der Waals surface area contributed by atoms with Crippen LogP contribution in [0.3, 0.4) is 0 Å². The van der Waals surface area contributed by atoms with Crippen LogP contribution in [0.4, 0.5) is 11.4 Å². The third kappa shape index (κ3) is 5.33. The zero-order valence-electron chi connectivity index (χ0n) is 15.7. The van der Waals surface area contributed by atoms with Gasteiger partial charge in [-0.15, -0.1) is 0 Å². The molecule has 2 aromatic carbocycles. The molecule has 0 radical (unpaired) electrons. The summed E-state index contributed by atoms with van der Waals surface area (Å²) in [5, 5.41) is 2.81. The highest BCUT2D eigenvalue weighted by Gasteiger charge is 2.20. The normalized spacial score (nSPS) is 11.2. The van der Waals surface area contributed by atoms with Crippen molar-refractivity contribution in [2.45, 2.75) is 33.6 Å². The Morgan fingerprint density at radius 3 is 2.27 bits per heavy atom. The summed E-state index contributed by atoms with van der Waals surface area (Å²) in [5.41, 5.74) is 4.45. The summed E-state index contributed by atoms with van der Waals surface area (Å²) in [6.07, 6.45) is 2.18. The van der Waals surface area contributed by atoms with Crippen molar-refractivity contribution in [2.24, 2.45) is 0 Å². The number of rotatable bonds is 7. The number of amides is 1. The van der Waals surface area contributed by atoms with Crippen LogP contribution in [0.1, 0.15) is 30.0 Å². The molecule has 0 unspecified atom stereocenters. The van der Waals surface area contributed by atoms with Crippen molar-refractivity contribution in [2.75, 3.05) is 22.4 Å². The second kappa shape index (κ2) is 8.36. The van der Waals surface area contributed by atoms with E-state index in [0.29, 0.717) is 11.4 Å². The summed E-state index contributed by atoms with van der Waals surface area (Å²) in [5.74, 6) is -0.215. The van der Waals surface area contributed by atoms with E-state index in [9.17, 15) is 13.2 Å². The Balaban J connectivity index is 2.08. The van der Waals surface area contributed by atoms with Gasteiger partial charge in [-0.2, -0.15) is 0 Å². The van der Waals surface area contributed by atoms with Crippen LogP contribution in [0.2, 0.25) is 0 Å². The lowest BCUT2D eigenvalue weighted by atomic mass is 10.1. The van der Waals surface area contributed by atoms with Gasteiger partial charge in [0, 0.05) is 18.7 Å². The Hall–Kier alpha value is -2.34. The van der Waals surface area contributed by atoms with Crippen molar-refractivity contribution in [1.82, 2.24) is 0 Å². The maximum Gasteiger partial charge on any atom is 0.232 e. The molecule has 26 heavy (non-hydrogen) atoms. The largest absolute Gasteiger partial charge is 0.326 e. The molecule has 2 aromatic rings. The summed E-state index contributed by atoms with van der Waals surface area (Å²) < 4.78 is 25.7. The first-order valence-corrected chi connectivity index (χ1v) is 10.5. The molecule has 0 aliphatic rings. The number of hydrogen-bond donors (Lipinski definition) is 1. The van der Waals surface area contributed by atoms with E-state index in [1.165, 1.54) is 9.87 Å². The lowest BCUT2D eigenvalue weighted by Gasteiger charge is -2.24. The third-order valence-electron chi connectivity index (χ3n) is 4.21. The number of carbonyl (C=O) groups excluding carboxylic acids is 1. The van der Waals surface area contributed by atoms with Gasteiger partial charge >= 0.3 is 0 Å². The molecule has 0 atom stereocenters. The predicted octanol–water partition coefficient (Wildman–Crippen LogP) is 3.66. The SMILES string of the molecule is CCc1ccc(NC(=O)CCN(c2ccc(C)cc2C)S(C)(=O)=O)cc1. The molecule has 140 valence electrons. The van der Waals surface area contributed by atoms with Crippen molar-refractivity contribution in [3.8, 4) is 0 Å². The standard InChI is InChI=1S/C20H26N2O3S/c1-5-17-7-9-18(10-8-17)21-20(23)12-13-22(26(4,24)25)19-11-6-15(2)14-16(19)3/h6-11,14H,5,12-13H2,1-4H3,(H,21,23). The number of aryl methyl sites for hydroxylation is 3. The van der Waals surface area contributed by atoms with Crippen molar-refractivity contribution in [3.05, 3.63) is 59.2 Å². The lowest BCUT2D eigenvalue weighted by Crippen LogP contribution is -2.33. The average Bonchev–Trinajstić information content (AvgIpc) is 2.56. The molecule has 5 nitrogen and oxygen atoms in total. The number of sulfonamides is 1. The summed E-state index contributed by atoms with van der Waals surface area (Å²) in [6, 6.07) is 13.2. The van der Waals surface area contributed by atoms with E-state index in [1.54, 1.807) is 6.07 Å². The summed E-state index contributed by atoms with van der Waals surface area (Å²) in [6.45, 7) is 6.00. The Morgan fingerprint density at radius 2 is 1.73 bits per heavy atom. The van der Waals surface area contributed by atoms with E-state index in [0.717, 1.165) is 23.8 Å². The topological polar surface area (TPSA) is 66.5 Å². The van der Waals surface area contributed by atoms with Crippen LogP contribution in [0.5, 0.6) is 0 Å². The van der Waals surface area contributed by atoms with E-state index in [4.69, 9.17) is 0 Å². The number of carbonyl (C=O) groups is 1. The third-order valence-corrected chi connectivity index (χ3v) is 5.39. The molecule has 2 rings (SSSR count). The first-order chi connectivity index (χ1) is 12.2. The Bertz CT molecular complexity index is 874. The fourth-order valence-corrected chi connectivity index (χ4v) is 3.79. The molecule has 0 spiro atoms. The molecule has 0 aliphatic heterocycles. The van der Waals surface area contributed by atoms with Gasteiger partial charge in [0.25, 0.3) is 0 Å². The van der Waals surface area contributed by atoms with E-state index in [-0.39, 0.29) is 18.9 Å². The van der Waals surface area contributed by atoms with Gasteiger partial charge in [0.05, 0.1) is 11.9 Å². The minimum Gasteiger partial charge on any atom is -0.326 e. The van der Waals surface area contributed by atoms with Gasteiger partial charge in [0.15, 0.2) is 0 Å². The van der Waals surface area contributed by atoms with Crippen LogP contribution in [-0.2, 0) is 21.2 Å². The van der Waals surface area contributed by atoms with E-state index in [1.807, 2.05) is 50.2 Å². The number of anilines is 2. The van der Waals surface area contributed by atoms with Gasteiger partial charge in [-0.3, -0.25) is 9.10 Å². The van der Waals surface area contributed by atoms with Crippen LogP contribution < -0.4 is 9.62 Å². The molecule has 0 bridgehead atoms. The van der Waals surface area contributed by atoms with Gasteiger partial charge < -0.3 is 5.32 Å². The van der Waals surface area contributed by atoms with Gasteiger partial charge in [0.2, 0.25) is 15.9 Å². The molecule has 0 saturated heterocycles. The number of nitrogens with zero attached hydrogens (tertiary/aromatic N) is 1. The van der Waals surface area contributed by atoms with Gasteiger partial charge in [0.1, 0.15) is 0 Å². The van der Waals surface area contributed by atoms with Crippen LogP contribution in [0, 0.1) is 13.8 Å². The molecule has 6 heteroatoms. The zero-order chi connectivity index (χ0) is 19.3. The molecule has 0 aromatic heterocycles. The highest BCUT2D eigenvalue weighted by Crippen LogP contribution is 2.24. The first kappa shape index (κ1) is 20.0. The Labute approximate surface area is 156 Å². The Morgan fingerprint density at radius 1 is 1.08 bits per heavy atom. The second-order valence-electron chi connectivity index (χ2n) is 6.47. The van der Waals surface area contributed by atoms with Gasteiger partial charge in [-0.25, -0.2) is 8.42 Å². The summed E-state index contributed by atoms with van der Waals surface area (Å²) in [7, 11) is -3.48. The monoisotopic (exact) mass is 374 g/mol. The molecule has 0 fully saturated rings. The van der Waals surface area contributed by atoms with Gasteiger partial charge in [-0.05, 0) is 49.6 Å². The second-order valence-corrected chi connectivity index (χ2v) is 8.38. The predicted molar refractivity (Wildman–Crippen MR) is 107 cm³/mol. The smallest absolute Gasteiger partial charge is 0.232 e. The fraction of sp³-hybridized carbons (Fsp3) is 0.350. The van der Waals surface area contributed by atoms with E-state index in [2.05, 4.69) is 12.2 Å². The maximum atomic E-state index is 12.2. The van der Waals surface area contributed by atoms with Crippen LogP contribution >= 0.6 is 0 Å². The number of nitrogens with one attached hydrogen (secondary N) is 1. The van der Waals surface area contributed by atoms with Crippen LogP contribution in [0.15, 0.2) is 42.5 Å². The molecule has 1 N–H and O–H groups in total. The molecular weight excluding hydrogens is 348 g/mol. The molecule has 0 aliphatic carbocycles. The van der Waals surface area contributed by atoms with Crippen LogP contribution in [0.25, 0.3) is 0 Å². The van der Waals surface area contributed by atoms with E-state index < -0.39 is 10.0 Å². The lowest BCUT2D eigenvalue weighted by molar-refractivity contribution is -0.116. The minimum absolute atomic E-state index is 0.0793. The number of hydrogen-bond acceptors (Lipinski definition) is 3. The van der Waals surface area contributed by atoms with Crippen molar-refractivity contribution < 1.29 is 13.2 Å². The summed E-state index contributed by atoms with van der Waals surface area (Å²) >= 11 is 0. The van der Waals surface area contributed by atoms with Crippen molar-refractivity contribution in [3.63, 3.8) is 0 Å². The van der Waals surface area contributed by atoms with Gasteiger partial charge in [-0.1, -0.05) is 36.8 Å². The fourth-order valence-electron chi connectivity index (χ4n) is 2.80. The van der Waals surface area contributed by atoms with Crippen molar-refractivity contribution >= 4 is 27.3 Å². The number of benzene rings is 2. The Kier molecular flexibility index (Phi) is 6.42. The zero-order valence-corrected chi connectivity index (χ0v) is 16.6. The van der Waals surface area contributed by atoms with Crippen LogP contribution in [-0.4, -0.2) is 27.1 Å².